The molecule has 0 radical (unpaired) electrons. The standard InChI is InChI=1S/C23H28FN3O2/c1-5-6-21-26-19-13-18(25-14-16-7-9-17(24)10-8-16)11-12-20(19)27(21)15-22(28)29-23(2,3)4/h7-13,25H,5-6,14-15H2,1-4H3. The third kappa shape index (κ3) is 5.56. The summed E-state index contributed by atoms with van der Waals surface area (Å²) >= 11 is 0. The number of imidazole rings is 1. The zero-order chi connectivity index (χ0) is 21.0. The monoisotopic (exact) mass is 397 g/mol. The van der Waals surface area contributed by atoms with Gasteiger partial charge in [0.2, 0.25) is 0 Å². The van der Waals surface area contributed by atoms with Crippen molar-refractivity contribution in [1.82, 2.24) is 9.55 Å². The molecule has 3 rings (SSSR count). The number of rotatable bonds is 7. The highest BCUT2D eigenvalue weighted by atomic mass is 19.1. The van der Waals surface area contributed by atoms with Crippen molar-refractivity contribution in [3.63, 3.8) is 0 Å². The fourth-order valence-corrected chi connectivity index (χ4v) is 3.19. The van der Waals surface area contributed by atoms with Crippen molar-refractivity contribution in [2.75, 3.05) is 5.32 Å². The van der Waals surface area contributed by atoms with Crippen LogP contribution in [0.4, 0.5) is 10.1 Å². The van der Waals surface area contributed by atoms with E-state index in [1.54, 1.807) is 12.1 Å². The van der Waals surface area contributed by atoms with Crippen molar-refractivity contribution in [1.29, 1.82) is 0 Å². The largest absolute Gasteiger partial charge is 0.459 e. The van der Waals surface area contributed by atoms with Gasteiger partial charge in [-0.1, -0.05) is 19.1 Å². The maximum atomic E-state index is 13.0. The van der Waals surface area contributed by atoms with E-state index >= 15 is 0 Å². The molecule has 1 aromatic heterocycles. The van der Waals surface area contributed by atoms with Crippen molar-refractivity contribution in [3.8, 4) is 0 Å². The van der Waals surface area contributed by atoms with Crippen LogP contribution in [-0.4, -0.2) is 21.1 Å². The molecule has 2 aromatic carbocycles. The van der Waals surface area contributed by atoms with Gasteiger partial charge in [-0.2, -0.15) is 0 Å². The molecule has 0 amide bonds. The molecule has 0 aliphatic heterocycles. The number of carbonyl (C=O) groups excluding carboxylic acids is 1. The Balaban J connectivity index is 1.81. The van der Waals surface area contributed by atoms with Crippen LogP contribution in [0.5, 0.6) is 0 Å². The van der Waals surface area contributed by atoms with E-state index in [9.17, 15) is 9.18 Å². The Morgan fingerprint density at radius 3 is 2.55 bits per heavy atom. The van der Waals surface area contributed by atoms with E-state index in [-0.39, 0.29) is 18.3 Å². The smallest absolute Gasteiger partial charge is 0.326 e. The molecule has 0 bridgehead atoms. The molecule has 0 aliphatic carbocycles. The fraction of sp³-hybridized carbons (Fsp3) is 0.391. The van der Waals surface area contributed by atoms with Crippen molar-refractivity contribution in [2.45, 2.75) is 59.2 Å². The Kier molecular flexibility index (Phi) is 6.20. The van der Waals surface area contributed by atoms with Gasteiger partial charge in [0.1, 0.15) is 23.8 Å². The quantitative estimate of drug-likeness (QED) is 0.565. The molecular weight excluding hydrogens is 369 g/mol. The van der Waals surface area contributed by atoms with Crippen LogP contribution in [0.15, 0.2) is 42.5 Å². The van der Waals surface area contributed by atoms with E-state index < -0.39 is 5.60 Å². The van der Waals surface area contributed by atoms with Crippen LogP contribution >= 0.6 is 0 Å². The summed E-state index contributed by atoms with van der Waals surface area (Å²) in [5.41, 5.74) is 3.14. The van der Waals surface area contributed by atoms with E-state index in [2.05, 4.69) is 12.2 Å². The van der Waals surface area contributed by atoms with Gasteiger partial charge < -0.3 is 14.6 Å². The first kappa shape index (κ1) is 20.8. The lowest BCUT2D eigenvalue weighted by molar-refractivity contribution is -0.155. The minimum absolute atomic E-state index is 0.144. The van der Waals surface area contributed by atoms with Crippen molar-refractivity contribution in [3.05, 3.63) is 59.7 Å². The summed E-state index contributed by atoms with van der Waals surface area (Å²) in [7, 11) is 0. The van der Waals surface area contributed by atoms with Crippen molar-refractivity contribution >= 4 is 22.7 Å². The SMILES string of the molecule is CCCc1nc2cc(NCc3ccc(F)cc3)ccc2n1CC(=O)OC(C)(C)C. The highest BCUT2D eigenvalue weighted by Gasteiger charge is 2.19. The first-order chi connectivity index (χ1) is 13.7. The second-order valence-corrected chi connectivity index (χ2v) is 8.13. The normalized spacial score (nSPS) is 11.6. The second kappa shape index (κ2) is 8.64. The lowest BCUT2D eigenvalue weighted by Gasteiger charge is -2.20. The number of nitrogens with one attached hydrogen (secondary N) is 1. The summed E-state index contributed by atoms with van der Waals surface area (Å²) in [6.07, 6.45) is 1.73. The number of aromatic nitrogens is 2. The van der Waals surface area contributed by atoms with Gasteiger partial charge in [0.05, 0.1) is 11.0 Å². The van der Waals surface area contributed by atoms with Crippen molar-refractivity contribution in [2.24, 2.45) is 0 Å². The Hall–Kier alpha value is -2.89. The Morgan fingerprint density at radius 2 is 1.90 bits per heavy atom. The molecular formula is C23H28FN3O2. The lowest BCUT2D eigenvalue weighted by atomic mass is 10.2. The number of fused-ring (bicyclic) bond motifs is 1. The third-order valence-corrected chi connectivity index (χ3v) is 4.42. The summed E-state index contributed by atoms with van der Waals surface area (Å²) in [6, 6.07) is 12.3. The van der Waals surface area contributed by atoms with E-state index in [0.717, 1.165) is 41.0 Å². The molecule has 1 heterocycles. The Labute approximate surface area is 170 Å². The first-order valence-electron chi connectivity index (χ1n) is 9.94. The van der Waals surface area contributed by atoms with Gasteiger partial charge in [-0.05, 0) is 63.1 Å². The van der Waals surface area contributed by atoms with Gasteiger partial charge in [0, 0.05) is 18.7 Å². The van der Waals surface area contributed by atoms with Crippen LogP contribution in [0.3, 0.4) is 0 Å². The number of hydrogen-bond donors (Lipinski definition) is 1. The zero-order valence-corrected chi connectivity index (χ0v) is 17.5. The summed E-state index contributed by atoms with van der Waals surface area (Å²) < 4.78 is 20.5. The predicted octanol–water partition coefficient (Wildman–Crippen LogP) is 5.08. The zero-order valence-electron chi connectivity index (χ0n) is 17.5. The minimum Gasteiger partial charge on any atom is -0.459 e. The molecule has 29 heavy (non-hydrogen) atoms. The number of ether oxygens (including phenoxy) is 1. The van der Waals surface area contributed by atoms with Crippen LogP contribution in [-0.2, 0) is 29.0 Å². The average Bonchev–Trinajstić information content (AvgIpc) is 2.96. The van der Waals surface area contributed by atoms with Gasteiger partial charge in [0.25, 0.3) is 0 Å². The Morgan fingerprint density at radius 1 is 1.17 bits per heavy atom. The van der Waals surface area contributed by atoms with Crippen LogP contribution < -0.4 is 5.32 Å². The summed E-state index contributed by atoms with van der Waals surface area (Å²) in [4.78, 5) is 17.1. The first-order valence-corrected chi connectivity index (χ1v) is 9.94. The second-order valence-electron chi connectivity index (χ2n) is 8.13. The maximum Gasteiger partial charge on any atom is 0.326 e. The summed E-state index contributed by atoms with van der Waals surface area (Å²) in [6.45, 7) is 8.42. The van der Waals surface area contributed by atoms with Crippen LogP contribution in [0, 0.1) is 5.82 Å². The minimum atomic E-state index is -0.518. The summed E-state index contributed by atoms with van der Waals surface area (Å²) in [5.74, 6) is 0.367. The number of anilines is 1. The van der Waals surface area contributed by atoms with Crippen LogP contribution in [0.25, 0.3) is 11.0 Å². The number of esters is 1. The molecule has 0 spiro atoms. The molecule has 0 fully saturated rings. The Bertz CT molecular complexity index is 988. The van der Waals surface area contributed by atoms with Gasteiger partial charge in [-0.3, -0.25) is 4.79 Å². The molecule has 5 nitrogen and oxygen atoms in total. The van der Waals surface area contributed by atoms with Gasteiger partial charge in [-0.25, -0.2) is 9.37 Å². The van der Waals surface area contributed by atoms with Gasteiger partial charge >= 0.3 is 5.97 Å². The van der Waals surface area contributed by atoms with Gasteiger partial charge in [-0.15, -0.1) is 0 Å². The predicted molar refractivity (Wildman–Crippen MR) is 113 cm³/mol. The average molecular weight is 397 g/mol. The van der Waals surface area contributed by atoms with E-state index in [1.165, 1.54) is 12.1 Å². The molecule has 154 valence electrons. The fourth-order valence-electron chi connectivity index (χ4n) is 3.19. The van der Waals surface area contributed by atoms with Crippen LogP contribution in [0.1, 0.15) is 45.5 Å². The molecule has 3 aromatic rings. The van der Waals surface area contributed by atoms with Crippen LogP contribution in [0.2, 0.25) is 0 Å². The molecule has 1 N–H and O–H groups in total. The highest BCUT2D eigenvalue weighted by molar-refractivity contribution is 5.82. The number of benzene rings is 2. The molecule has 6 heteroatoms. The number of nitrogens with zero attached hydrogens (tertiary/aromatic N) is 2. The molecule has 0 aliphatic rings. The topological polar surface area (TPSA) is 56.2 Å². The maximum absolute atomic E-state index is 13.0. The third-order valence-electron chi connectivity index (χ3n) is 4.42. The summed E-state index contributed by atoms with van der Waals surface area (Å²) in [5, 5.41) is 3.34. The molecule has 0 saturated heterocycles. The van der Waals surface area contributed by atoms with E-state index in [0.29, 0.717) is 6.54 Å². The van der Waals surface area contributed by atoms with E-state index in [1.807, 2.05) is 43.5 Å². The lowest BCUT2D eigenvalue weighted by Crippen LogP contribution is -2.27. The highest BCUT2D eigenvalue weighted by Crippen LogP contribution is 2.23. The number of carbonyl (C=O) groups is 1. The van der Waals surface area contributed by atoms with Gasteiger partial charge in [0.15, 0.2) is 0 Å². The number of hydrogen-bond acceptors (Lipinski definition) is 4. The van der Waals surface area contributed by atoms with E-state index in [4.69, 9.17) is 9.72 Å². The number of halogens is 1. The number of aryl methyl sites for hydroxylation is 1. The van der Waals surface area contributed by atoms with Crippen molar-refractivity contribution < 1.29 is 13.9 Å². The molecule has 0 saturated carbocycles. The molecule has 0 unspecified atom stereocenters. The molecule has 0 atom stereocenters.